The number of piperidine rings is 1. The zero-order chi connectivity index (χ0) is 20.1. The van der Waals surface area contributed by atoms with Crippen LogP contribution in [-0.4, -0.2) is 60.0 Å². The van der Waals surface area contributed by atoms with Crippen molar-refractivity contribution in [3.05, 3.63) is 56.7 Å². The Labute approximate surface area is 183 Å². The lowest BCUT2D eigenvalue weighted by molar-refractivity contribution is 0.106. The molecule has 1 aromatic carbocycles. The van der Waals surface area contributed by atoms with Crippen molar-refractivity contribution in [2.24, 2.45) is 0 Å². The summed E-state index contributed by atoms with van der Waals surface area (Å²) in [6.07, 6.45) is 3.75. The second-order valence-electron chi connectivity index (χ2n) is 8.19. The summed E-state index contributed by atoms with van der Waals surface area (Å²) in [6.45, 7) is 9.01. The largest absolute Gasteiger partial charge is 0.299 e. The first kappa shape index (κ1) is 20.8. The molecule has 2 aliphatic heterocycles. The van der Waals surface area contributed by atoms with Crippen molar-refractivity contribution in [1.29, 1.82) is 5.26 Å². The molecule has 2 saturated heterocycles. The topological polar surface area (TPSA) is 33.5 Å². The number of likely N-dealkylation sites (tertiary alicyclic amines) is 1. The van der Waals surface area contributed by atoms with Crippen molar-refractivity contribution in [2.75, 3.05) is 39.3 Å². The van der Waals surface area contributed by atoms with E-state index in [4.69, 9.17) is 16.9 Å². The number of hydrogen-bond acceptors (Lipinski definition) is 5. The molecule has 0 unspecified atom stereocenters. The van der Waals surface area contributed by atoms with Gasteiger partial charge < -0.3 is 0 Å². The Kier molecular flexibility index (Phi) is 7.23. The van der Waals surface area contributed by atoms with Crippen molar-refractivity contribution in [3.8, 4) is 6.07 Å². The number of thiophene rings is 1. The van der Waals surface area contributed by atoms with Crippen LogP contribution >= 0.6 is 22.9 Å². The Bertz CT molecular complexity index is 837. The third-order valence-electron chi connectivity index (χ3n) is 6.17. The molecule has 2 aliphatic rings. The van der Waals surface area contributed by atoms with E-state index >= 15 is 0 Å². The molecule has 0 spiro atoms. The standard InChI is InChI=1S/C23H29ClN4S/c24-23-6-5-22(29-23)18-26-9-2-10-28(14-13-26)21-7-11-27(12-8-21)17-20-4-1-3-19(15-20)16-25/h1,3-6,15,21H,2,7-14,17-18H2. The Morgan fingerprint density at radius 1 is 0.966 bits per heavy atom. The van der Waals surface area contributed by atoms with Crippen LogP contribution in [0.25, 0.3) is 0 Å². The summed E-state index contributed by atoms with van der Waals surface area (Å²) in [6, 6.07) is 15.2. The molecule has 29 heavy (non-hydrogen) atoms. The fourth-order valence-corrected chi connectivity index (χ4v) is 5.74. The smallest absolute Gasteiger partial charge is 0.0991 e. The summed E-state index contributed by atoms with van der Waals surface area (Å²) in [5.41, 5.74) is 2.01. The Morgan fingerprint density at radius 2 is 1.79 bits per heavy atom. The van der Waals surface area contributed by atoms with Crippen LogP contribution in [0, 0.1) is 11.3 Å². The molecule has 6 heteroatoms. The molecule has 0 N–H and O–H groups in total. The van der Waals surface area contributed by atoms with Crippen LogP contribution in [0.5, 0.6) is 0 Å². The first-order chi connectivity index (χ1) is 14.2. The van der Waals surface area contributed by atoms with Crippen molar-refractivity contribution in [3.63, 3.8) is 0 Å². The second kappa shape index (κ2) is 10.1. The van der Waals surface area contributed by atoms with Crippen LogP contribution in [0.1, 0.15) is 35.3 Å². The SMILES string of the molecule is N#Cc1cccc(CN2CCC(N3CCCN(Cc4ccc(Cl)s4)CC3)CC2)c1. The van der Waals surface area contributed by atoms with Crippen LogP contribution in [0.4, 0.5) is 0 Å². The van der Waals surface area contributed by atoms with E-state index in [1.807, 2.05) is 24.3 Å². The van der Waals surface area contributed by atoms with E-state index in [0.29, 0.717) is 6.04 Å². The molecule has 4 nitrogen and oxygen atoms in total. The number of hydrogen-bond donors (Lipinski definition) is 0. The minimum atomic E-state index is 0.716. The molecule has 0 aliphatic carbocycles. The minimum Gasteiger partial charge on any atom is -0.299 e. The molecule has 4 rings (SSSR count). The molecule has 154 valence electrons. The fraction of sp³-hybridized carbons (Fsp3) is 0.522. The third-order valence-corrected chi connectivity index (χ3v) is 7.38. The van der Waals surface area contributed by atoms with Gasteiger partial charge >= 0.3 is 0 Å². The molecule has 0 radical (unpaired) electrons. The van der Waals surface area contributed by atoms with Gasteiger partial charge in [-0.25, -0.2) is 0 Å². The minimum absolute atomic E-state index is 0.716. The molecule has 2 aromatic rings. The van der Waals surface area contributed by atoms with Crippen molar-refractivity contribution in [1.82, 2.24) is 14.7 Å². The van der Waals surface area contributed by atoms with Crippen LogP contribution in [0.3, 0.4) is 0 Å². The van der Waals surface area contributed by atoms with Gasteiger partial charge in [0.15, 0.2) is 0 Å². The highest BCUT2D eigenvalue weighted by Gasteiger charge is 2.26. The van der Waals surface area contributed by atoms with Gasteiger partial charge in [-0.1, -0.05) is 23.7 Å². The summed E-state index contributed by atoms with van der Waals surface area (Å²) >= 11 is 7.79. The van der Waals surface area contributed by atoms with E-state index < -0.39 is 0 Å². The second-order valence-corrected chi connectivity index (χ2v) is 9.99. The first-order valence-corrected chi connectivity index (χ1v) is 11.8. The monoisotopic (exact) mass is 428 g/mol. The van der Waals surface area contributed by atoms with Gasteiger partial charge in [-0.05, 0) is 75.3 Å². The van der Waals surface area contributed by atoms with Gasteiger partial charge in [-0.3, -0.25) is 14.7 Å². The van der Waals surface area contributed by atoms with Crippen molar-refractivity contribution < 1.29 is 0 Å². The highest BCUT2D eigenvalue weighted by Crippen LogP contribution is 2.24. The van der Waals surface area contributed by atoms with E-state index in [2.05, 4.69) is 32.9 Å². The molecule has 0 bridgehead atoms. The highest BCUT2D eigenvalue weighted by atomic mass is 35.5. The zero-order valence-corrected chi connectivity index (χ0v) is 18.5. The average molecular weight is 429 g/mol. The van der Waals surface area contributed by atoms with E-state index in [1.165, 1.54) is 49.3 Å². The van der Waals surface area contributed by atoms with E-state index in [1.54, 1.807) is 11.3 Å². The molecular formula is C23H29ClN4S. The maximum absolute atomic E-state index is 9.09. The molecular weight excluding hydrogens is 400 g/mol. The molecule has 0 saturated carbocycles. The quantitative estimate of drug-likeness (QED) is 0.704. The molecule has 1 aromatic heterocycles. The third kappa shape index (κ3) is 5.81. The van der Waals surface area contributed by atoms with Gasteiger partial charge in [-0.2, -0.15) is 5.26 Å². The number of rotatable bonds is 5. The summed E-state index contributed by atoms with van der Waals surface area (Å²) in [4.78, 5) is 9.23. The average Bonchev–Trinajstić information content (AvgIpc) is 3.01. The molecule has 0 atom stereocenters. The van der Waals surface area contributed by atoms with Crippen LogP contribution in [0.15, 0.2) is 36.4 Å². The van der Waals surface area contributed by atoms with Crippen LogP contribution in [0.2, 0.25) is 4.34 Å². The predicted molar refractivity (Wildman–Crippen MR) is 120 cm³/mol. The number of halogens is 1. The first-order valence-electron chi connectivity index (χ1n) is 10.6. The van der Waals surface area contributed by atoms with Gasteiger partial charge in [0, 0.05) is 37.1 Å². The maximum Gasteiger partial charge on any atom is 0.0991 e. The summed E-state index contributed by atoms with van der Waals surface area (Å²) < 4.78 is 0.891. The maximum atomic E-state index is 9.09. The number of nitrogens with zero attached hydrogens (tertiary/aromatic N) is 4. The number of benzene rings is 1. The lowest BCUT2D eigenvalue weighted by Gasteiger charge is -2.38. The van der Waals surface area contributed by atoms with E-state index in [-0.39, 0.29) is 0 Å². The van der Waals surface area contributed by atoms with Crippen LogP contribution in [-0.2, 0) is 13.1 Å². The van der Waals surface area contributed by atoms with Gasteiger partial charge in [0.1, 0.15) is 0 Å². The summed E-state index contributed by atoms with van der Waals surface area (Å²) in [7, 11) is 0. The van der Waals surface area contributed by atoms with Crippen LogP contribution < -0.4 is 0 Å². The molecule has 0 amide bonds. The van der Waals surface area contributed by atoms with E-state index in [9.17, 15) is 0 Å². The van der Waals surface area contributed by atoms with Gasteiger partial charge in [0.05, 0.1) is 16.0 Å². The Hall–Kier alpha value is -1.42. The van der Waals surface area contributed by atoms with E-state index in [0.717, 1.165) is 42.6 Å². The zero-order valence-electron chi connectivity index (χ0n) is 16.9. The van der Waals surface area contributed by atoms with Gasteiger partial charge in [0.25, 0.3) is 0 Å². The lowest BCUT2D eigenvalue weighted by atomic mass is 10.0. The molecule has 2 fully saturated rings. The van der Waals surface area contributed by atoms with Crippen molar-refractivity contribution in [2.45, 2.75) is 38.4 Å². The lowest BCUT2D eigenvalue weighted by Crippen LogP contribution is -2.45. The summed E-state index contributed by atoms with van der Waals surface area (Å²) in [5.74, 6) is 0. The van der Waals surface area contributed by atoms with Gasteiger partial charge in [0.2, 0.25) is 0 Å². The van der Waals surface area contributed by atoms with Gasteiger partial charge in [-0.15, -0.1) is 11.3 Å². The number of nitriles is 1. The Morgan fingerprint density at radius 3 is 2.55 bits per heavy atom. The predicted octanol–water partition coefficient (Wildman–Crippen LogP) is 4.45. The fourth-order valence-electron chi connectivity index (χ4n) is 4.61. The summed E-state index contributed by atoms with van der Waals surface area (Å²) in [5, 5.41) is 9.09. The normalized spacial score (nSPS) is 20.4. The van der Waals surface area contributed by atoms with Crippen molar-refractivity contribution >= 4 is 22.9 Å². The molecule has 3 heterocycles. The highest BCUT2D eigenvalue weighted by molar-refractivity contribution is 7.16. The Balaban J connectivity index is 1.24.